The van der Waals surface area contributed by atoms with Crippen molar-refractivity contribution in [2.24, 2.45) is 11.8 Å². The van der Waals surface area contributed by atoms with Crippen LogP contribution in [0.15, 0.2) is 12.1 Å². The molecule has 0 aliphatic carbocycles. The van der Waals surface area contributed by atoms with Gasteiger partial charge in [-0.25, -0.2) is 0 Å². The third-order valence-electron chi connectivity index (χ3n) is 5.32. The number of ether oxygens (including phenoxy) is 1. The third kappa shape index (κ3) is 3.61. The fourth-order valence-electron chi connectivity index (χ4n) is 3.62. The maximum atomic E-state index is 12.8. The first-order valence-electron chi connectivity index (χ1n) is 8.84. The van der Waals surface area contributed by atoms with Gasteiger partial charge in [-0.1, -0.05) is 18.5 Å². The van der Waals surface area contributed by atoms with E-state index >= 15 is 0 Å². The number of piperidine rings is 1. The molecular weight excluding hydrogens is 340 g/mol. The van der Waals surface area contributed by atoms with Crippen LogP contribution in [0.5, 0.6) is 5.75 Å². The summed E-state index contributed by atoms with van der Waals surface area (Å²) >= 11 is 6.16. The quantitative estimate of drug-likeness (QED) is 0.827. The van der Waals surface area contributed by atoms with Gasteiger partial charge >= 0.3 is 0 Å². The highest BCUT2D eigenvalue weighted by molar-refractivity contribution is 6.31. The highest BCUT2D eigenvalue weighted by Crippen LogP contribution is 2.37. The minimum Gasteiger partial charge on any atom is -0.495 e. The molecule has 2 fully saturated rings. The predicted octanol–water partition coefficient (Wildman–Crippen LogP) is 3.27. The van der Waals surface area contributed by atoms with Crippen molar-refractivity contribution in [1.29, 1.82) is 0 Å². The average Bonchev–Trinajstić information content (AvgIpc) is 2.98. The number of hydrogen-bond donors (Lipinski definition) is 0. The Labute approximate surface area is 153 Å². The molecule has 1 aromatic carbocycles. The lowest BCUT2D eigenvalue weighted by atomic mass is 9.97. The lowest BCUT2D eigenvalue weighted by molar-refractivity contribution is -0.137. The molecule has 2 heterocycles. The van der Waals surface area contributed by atoms with Crippen LogP contribution < -0.4 is 9.64 Å². The lowest BCUT2D eigenvalue weighted by Crippen LogP contribution is -2.42. The Hall–Kier alpha value is -1.75. The minimum atomic E-state index is -0.276. The van der Waals surface area contributed by atoms with Crippen LogP contribution in [0.2, 0.25) is 5.02 Å². The van der Waals surface area contributed by atoms with Gasteiger partial charge < -0.3 is 14.5 Å². The van der Waals surface area contributed by atoms with E-state index in [0.29, 0.717) is 28.9 Å². The first kappa shape index (κ1) is 18.1. The average molecular weight is 365 g/mol. The van der Waals surface area contributed by atoms with Gasteiger partial charge in [0.1, 0.15) is 5.75 Å². The summed E-state index contributed by atoms with van der Waals surface area (Å²) in [6.07, 6.45) is 2.34. The van der Waals surface area contributed by atoms with E-state index in [1.807, 2.05) is 17.9 Å². The van der Waals surface area contributed by atoms with Crippen LogP contribution in [0.25, 0.3) is 0 Å². The number of aryl methyl sites for hydroxylation is 1. The number of carbonyl (C=O) groups is 2. The van der Waals surface area contributed by atoms with Crippen molar-refractivity contribution in [2.45, 2.75) is 33.1 Å². The summed E-state index contributed by atoms with van der Waals surface area (Å²) in [6, 6.07) is 3.58. The van der Waals surface area contributed by atoms with Gasteiger partial charge in [-0.3, -0.25) is 9.59 Å². The molecule has 25 heavy (non-hydrogen) atoms. The molecule has 1 unspecified atom stereocenters. The van der Waals surface area contributed by atoms with Crippen molar-refractivity contribution in [3.05, 3.63) is 22.7 Å². The van der Waals surface area contributed by atoms with Gasteiger partial charge in [0.05, 0.1) is 18.7 Å². The second-order valence-corrected chi connectivity index (χ2v) is 7.59. The van der Waals surface area contributed by atoms with Crippen molar-refractivity contribution in [3.63, 3.8) is 0 Å². The van der Waals surface area contributed by atoms with Gasteiger partial charge in [0.15, 0.2) is 0 Å². The van der Waals surface area contributed by atoms with E-state index in [4.69, 9.17) is 16.3 Å². The van der Waals surface area contributed by atoms with E-state index in [0.717, 1.165) is 31.5 Å². The van der Waals surface area contributed by atoms with Gasteiger partial charge in [-0.15, -0.1) is 0 Å². The topological polar surface area (TPSA) is 49.9 Å². The number of carbonyl (C=O) groups excluding carboxylic acids is 2. The second kappa shape index (κ2) is 7.24. The fraction of sp³-hybridized carbons (Fsp3) is 0.579. The number of hydrogen-bond acceptors (Lipinski definition) is 3. The molecule has 0 radical (unpaired) electrons. The van der Waals surface area contributed by atoms with E-state index < -0.39 is 0 Å². The van der Waals surface area contributed by atoms with Crippen molar-refractivity contribution in [1.82, 2.24) is 4.90 Å². The number of nitrogens with zero attached hydrogens (tertiary/aromatic N) is 2. The summed E-state index contributed by atoms with van der Waals surface area (Å²) in [4.78, 5) is 28.9. The number of rotatable bonds is 3. The molecular formula is C19H25ClN2O3. The van der Waals surface area contributed by atoms with Gasteiger partial charge in [0, 0.05) is 37.1 Å². The van der Waals surface area contributed by atoms with E-state index in [1.165, 1.54) is 0 Å². The summed E-state index contributed by atoms with van der Waals surface area (Å²) in [5.41, 5.74) is 1.57. The molecule has 2 aliphatic rings. The van der Waals surface area contributed by atoms with E-state index in [2.05, 4.69) is 6.92 Å². The molecule has 2 aliphatic heterocycles. The van der Waals surface area contributed by atoms with Crippen molar-refractivity contribution in [3.8, 4) is 5.75 Å². The van der Waals surface area contributed by atoms with Crippen LogP contribution in [-0.4, -0.2) is 43.5 Å². The Morgan fingerprint density at radius 1 is 1.28 bits per heavy atom. The number of halogens is 1. The zero-order valence-electron chi connectivity index (χ0n) is 15.0. The number of anilines is 1. The first-order valence-corrected chi connectivity index (χ1v) is 9.21. The summed E-state index contributed by atoms with van der Waals surface area (Å²) in [5.74, 6) is 1.02. The Balaban J connectivity index is 1.77. The molecule has 2 saturated heterocycles. The number of amides is 2. The Morgan fingerprint density at radius 2 is 1.96 bits per heavy atom. The molecule has 136 valence electrons. The summed E-state index contributed by atoms with van der Waals surface area (Å²) < 4.78 is 5.39. The van der Waals surface area contributed by atoms with Crippen LogP contribution in [0.3, 0.4) is 0 Å². The van der Waals surface area contributed by atoms with Crippen LogP contribution >= 0.6 is 11.6 Å². The molecule has 0 N–H and O–H groups in total. The molecule has 1 atom stereocenters. The summed E-state index contributed by atoms with van der Waals surface area (Å²) in [6.45, 7) is 6.12. The largest absolute Gasteiger partial charge is 0.495 e. The smallest absolute Gasteiger partial charge is 0.228 e. The van der Waals surface area contributed by atoms with Gasteiger partial charge in [0.2, 0.25) is 11.8 Å². The van der Waals surface area contributed by atoms with Crippen molar-refractivity contribution in [2.75, 3.05) is 31.6 Å². The normalized spacial score (nSPS) is 21.8. The van der Waals surface area contributed by atoms with Crippen LogP contribution in [0.4, 0.5) is 5.69 Å². The molecule has 0 saturated carbocycles. The highest BCUT2D eigenvalue weighted by atomic mass is 35.5. The molecule has 6 heteroatoms. The zero-order chi connectivity index (χ0) is 18.1. The Bertz CT molecular complexity index is 683. The van der Waals surface area contributed by atoms with Crippen molar-refractivity contribution >= 4 is 29.1 Å². The number of methoxy groups -OCH3 is 1. The standard InChI is InChI=1S/C19H25ClN2O3/c1-12-4-6-21(7-5-12)19(24)14-9-18(23)22(11-14)16-8-13(2)15(20)10-17(16)25-3/h8,10,12,14H,4-7,9,11H2,1-3H3. The van der Waals surface area contributed by atoms with Gasteiger partial charge in [-0.05, 0) is 37.3 Å². The Kier molecular flexibility index (Phi) is 5.23. The summed E-state index contributed by atoms with van der Waals surface area (Å²) in [5, 5.41) is 0.599. The first-order chi connectivity index (χ1) is 11.9. The molecule has 1 aromatic rings. The van der Waals surface area contributed by atoms with Crippen LogP contribution in [-0.2, 0) is 9.59 Å². The molecule has 0 aromatic heterocycles. The van der Waals surface area contributed by atoms with Crippen LogP contribution in [0, 0.1) is 18.8 Å². The van der Waals surface area contributed by atoms with Crippen molar-refractivity contribution < 1.29 is 14.3 Å². The summed E-state index contributed by atoms with van der Waals surface area (Å²) in [7, 11) is 1.56. The highest BCUT2D eigenvalue weighted by Gasteiger charge is 2.38. The maximum absolute atomic E-state index is 12.8. The Morgan fingerprint density at radius 3 is 2.60 bits per heavy atom. The maximum Gasteiger partial charge on any atom is 0.228 e. The molecule has 0 spiro atoms. The van der Waals surface area contributed by atoms with Gasteiger partial charge in [-0.2, -0.15) is 0 Å². The molecule has 3 rings (SSSR count). The van der Waals surface area contributed by atoms with E-state index in [1.54, 1.807) is 18.1 Å². The van der Waals surface area contributed by atoms with E-state index in [9.17, 15) is 9.59 Å². The molecule has 5 nitrogen and oxygen atoms in total. The van der Waals surface area contributed by atoms with Gasteiger partial charge in [0.25, 0.3) is 0 Å². The minimum absolute atomic E-state index is 0.0382. The fourth-order valence-corrected chi connectivity index (χ4v) is 3.77. The monoisotopic (exact) mass is 364 g/mol. The second-order valence-electron chi connectivity index (χ2n) is 7.19. The van der Waals surface area contributed by atoms with E-state index in [-0.39, 0.29) is 24.2 Å². The lowest BCUT2D eigenvalue weighted by Gasteiger charge is -2.32. The number of likely N-dealkylation sites (tertiary alicyclic amines) is 1. The molecule has 2 amide bonds. The third-order valence-corrected chi connectivity index (χ3v) is 5.73. The predicted molar refractivity (Wildman–Crippen MR) is 98.2 cm³/mol. The van der Waals surface area contributed by atoms with Crippen LogP contribution in [0.1, 0.15) is 31.7 Å². The molecule has 0 bridgehead atoms. The SMILES string of the molecule is COc1cc(Cl)c(C)cc1N1CC(C(=O)N2CCC(C)CC2)CC1=O. The number of benzene rings is 1. The zero-order valence-corrected chi connectivity index (χ0v) is 15.8.